The lowest BCUT2D eigenvalue weighted by Gasteiger charge is -2.34. The molecule has 0 amide bonds. The Kier molecular flexibility index (Phi) is 4.96. The average Bonchev–Trinajstić information content (AvgIpc) is 2.75. The van der Waals surface area contributed by atoms with Gasteiger partial charge < -0.3 is 9.47 Å². The van der Waals surface area contributed by atoms with Crippen molar-refractivity contribution in [2.75, 3.05) is 13.5 Å². The van der Waals surface area contributed by atoms with Crippen LogP contribution in [0.1, 0.15) is 27.8 Å². The van der Waals surface area contributed by atoms with Crippen LogP contribution in [0.15, 0.2) is 66.7 Å². The minimum atomic E-state index is 0.613. The number of fused-ring (bicyclic) bond motifs is 2. The summed E-state index contributed by atoms with van der Waals surface area (Å²) in [6.07, 6.45) is 0. The normalized spacial score (nSPS) is 16.4. The van der Waals surface area contributed by atoms with E-state index in [0.29, 0.717) is 13.5 Å². The van der Waals surface area contributed by atoms with Gasteiger partial charge in [0.25, 0.3) is 0 Å². The van der Waals surface area contributed by atoms with Crippen molar-refractivity contribution in [3.8, 4) is 11.5 Å². The maximum absolute atomic E-state index is 6.16. The maximum Gasteiger partial charge on any atom is 0.142 e. The fourth-order valence-corrected chi connectivity index (χ4v) is 4.33. The quantitative estimate of drug-likeness (QED) is 0.649. The van der Waals surface area contributed by atoms with E-state index < -0.39 is 0 Å². The molecule has 0 radical (unpaired) electrons. The molecule has 29 heavy (non-hydrogen) atoms. The summed E-state index contributed by atoms with van der Waals surface area (Å²) in [6, 6.07) is 23.4. The second kappa shape index (κ2) is 7.90. The van der Waals surface area contributed by atoms with Crippen molar-refractivity contribution in [3.05, 3.63) is 94.5 Å². The molecule has 3 aromatic carbocycles. The first-order valence-electron chi connectivity index (χ1n) is 10.2. The van der Waals surface area contributed by atoms with Crippen molar-refractivity contribution in [2.45, 2.75) is 33.1 Å². The molecule has 148 valence electrons. The second-order valence-corrected chi connectivity index (χ2v) is 7.97. The van der Waals surface area contributed by atoms with Crippen molar-refractivity contribution in [1.29, 1.82) is 0 Å². The van der Waals surface area contributed by atoms with Crippen LogP contribution >= 0.6 is 0 Å². The second-order valence-electron chi connectivity index (χ2n) is 7.97. The van der Waals surface area contributed by atoms with E-state index in [2.05, 4.69) is 83.5 Å². The zero-order valence-electron chi connectivity index (χ0n) is 16.8. The first-order valence-corrected chi connectivity index (χ1v) is 10.2. The highest BCUT2D eigenvalue weighted by molar-refractivity contribution is 5.55. The zero-order chi connectivity index (χ0) is 19.6. The highest BCUT2D eigenvalue weighted by Crippen LogP contribution is 2.40. The van der Waals surface area contributed by atoms with E-state index in [0.717, 1.165) is 43.2 Å². The van der Waals surface area contributed by atoms with Crippen LogP contribution in [0.3, 0.4) is 0 Å². The number of hydrogen-bond donors (Lipinski definition) is 0. The predicted octanol–water partition coefficient (Wildman–Crippen LogP) is 4.70. The smallest absolute Gasteiger partial charge is 0.142 e. The molecule has 0 atom stereocenters. The van der Waals surface area contributed by atoms with E-state index in [9.17, 15) is 0 Å². The average molecular weight is 386 g/mol. The maximum atomic E-state index is 6.16. The predicted molar refractivity (Wildman–Crippen MR) is 114 cm³/mol. The van der Waals surface area contributed by atoms with Gasteiger partial charge in [-0.25, -0.2) is 0 Å². The molecule has 0 spiro atoms. The standard InChI is InChI=1S/C25H26N2O2/c1-19-24-22(15-26(17-28-24)13-20-8-4-2-5-9-20)12-23-16-27(18-29-25(19)23)14-21-10-6-3-7-11-21/h2-12H,13-18H2,1H3. The van der Waals surface area contributed by atoms with E-state index in [1.807, 2.05) is 0 Å². The SMILES string of the molecule is Cc1c2c(cc3c1OCN(Cc1ccccc1)C3)CN(Cc1ccccc1)CO2. The molecule has 0 N–H and O–H groups in total. The van der Waals surface area contributed by atoms with Gasteiger partial charge >= 0.3 is 0 Å². The van der Waals surface area contributed by atoms with E-state index in [-0.39, 0.29) is 0 Å². The van der Waals surface area contributed by atoms with Gasteiger partial charge in [-0.05, 0) is 24.1 Å². The molecule has 0 aliphatic carbocycles. The molecule has 0 aromatic heterocycles. The number of ether oxygens (including phenoxy) is 2. The molecule has 0 saturated carbocycles. The summed E-state index contributed by atoms with van der Waals surface area (Å²) in [5.41, 5.74) is 6.27. The van der Waals surface area contributed by atoms with Gasteiger partial charge in [-0.3, -0.25) is 9.80 Å². The first-order chi connectivity index (χ1) is 14.3. The molecule has 5 rings (SSSR count). The monoisotopic (exact) mass is 386 g/mol. The van der Waals surface area contributed by atoms with Crippen molar-refractivity contribution in [1.82, 2.24) is 9.80 Å². The van der Waals surface area contributed by atoms with Crippen molar-refractivity contribution in [3.63, 3.8) is 0 Å². The minimum absolute atomic E-state index is 0.613. The molecule has 2 aliphatic rings. The van der Waals surface area contributed by atoms with Gasteiger partial charge in [0.1, 0.15) is 25.0 Å². The van der Waals surface area contributed by atoms with E-state index >= 15 is 0 Å². The molecule has 4 nitrogen and oxygen atoms in total. The van der Waals surface area contributed by atoms with Crippen LogP contribution in [0.2, 0.25) is 0 Å². The lowest BCUT2D eigenvalue weighted by Crippen LogP contribution is -2.34. The number of benzene rings is 3. The number of rotatable bonds is 4. The summed E-state index contributed by atoms with van der Waals surface area (Å²) in [5.74, 6) is 2.01. The Morgan fingerprint density at radius 2 is 1.14 bits per heavy atom. The van der Waals surface area contributed by atoms with E-state index in [1.165, 1.54) is 22.3 Å². The summed E-state index contributed by atoms with van der Waals surface area (Å²) < 4.78 is 12.3. The first kappa shape index (κ1) is 18.2. The van der Waals surface area contributed by atoms with Crippen molar-refractivity contribution < 1.29 is 9.47 Å². The summed E-state index contributed by atoms with van der Waals surface area (Å²) in [5, 5.41) is 0. The molecule has 0 bridgehead atoms. The third kappa shape index (κ3) is 3.86. The molecule has 0 unspecified atom stereocenters. The van der Waals surface area contributed by atoms with Crippen LogP contribution in [-0.2, 0) is 26.2 Å². The summed E-state index contributed by atoms with van der Waals surface area (Å²) in [6.45, 7) is 6.94. The third-order valence-corrected chi connectivity index (χ3v) is 5.68. The van der Waals surface area contributed by atoms with Gasteiger partial charge in [0, 0.05) is 42.9 Å². The van der Waals surface area contributed by atoms with Gasteiger partial charge in [-0.15, -0.1) is 0 Å². The summed E-state index contributed by atoms with van der Waals surface area (Å²) in [7, 11) is 0. The van der Waals surface area contributed by atoms with E-state index in [4.69, 9.17) is 9.47 Å². The fourth-order valence-electron chi connectivity index (χ4n) is 4.33. The number of nitrogens with zero attached hydrogens (tertiary/aromatic N) is 2. The van der Waals surface area contributed by atoms with Crippen LogP contribution in [0.4, 0.5) is 0 Å². The van der Waals surface area contributed by atoms with Crippen LogP contribution in [0.5, 0.6) is 11.5 Å². The van der Waals surface area contributed by atoms with Gasteiger partial charge in [0.15, 0.2) is 0 Å². The Hall–Kier alpha value is -2.82. The molecule has 4 heteroatoms. The molecule has 0 fully saturated rings. The van der Waals surface area contributed by atoms with E-state index in [1.54, 1.807) is 0 Å². The largest absolute Gasteiger partial charge is 0.477 e. The highest BCUT2D eigenvalue weighted by Gasteiger charge is 2.27. The summed E-state index contributed by atoms with van der Waals surface area (Å²) >= 11 is 0. The Bertz CT molecular complexity index is 911. The number of hydrogen-bond acceptors (Lipinski definition) is 4. The Labute approximate surface area is 172 Å². The molecule has 0 saturated heterocycles. The van der Waals surface area contributed by atoms with Crippen LogP contribution in [0.25, 0.3) is 0 Å². The fraction of sp³-hybridized carbons (Fsp3) is 0.280. The molecule has 2 aliphatic heterocycles. The Morgan fingerprint density at radius 3 is 1.59 bits per heavy atom. The minimum Gasteiger partial charge on any atom is -0.477 e. The lowest BCUT2D eigenvalue weighted by molar-refractivity contribution is 0.0766. The molecule has 2 heterocycles. The summed E-state index contributed by atoms with van der Waals surface area (Å²) in [4.78, 5) is 4.68. The molecular formula is C25H26N2O2. The zero-order valence-corrected chi connectivity index (χ0v) is 16.8. The lowest BCUT2D eigenvalue weighted by atomic mass is 10.00. The van der Waals surface area contributed by atoms with Crippen LogP contribution in [0, 0.1) is 6.92 Å². The Balaban J connectivity index is 1.35. The van der Waals surface area contributed by atoms with Crippen molar-refractivity contribution in [2.24, 2.45) is 0 Å². The van der Waals surface area contributed by atoms with Crippen LogP contribution in [-0.4, -0.2) is 23.3 Å². The molecule has 3 aromatic rings. The third-order valence-electron chi connectivity index (χ3n) is 5.68. The molecular weight excluding hydrogens is 360 g/mol. The van der Waals surface area contributed by atoms with Gasteiger partial charge in [-0.2, -0.15) is 0 Å². The van der Waals surface area contributed by atoms with Crippen molar-refractivity contribution >= 4 is 0 Å². The van der Waals surface area contributed by atoms with Gasteiger partial charge in [0.2, 0.25) is 0 Å². The Morgan fingerprint density at radius 1 is 0.690 bits per heavy atom. The van der Waals surface area contributed by atoms with Gasteiger partial charge in [0.05, 0.1) is 0 Å². The highest BCUT2D eigenvalue weighted by atomic mass is 16.5. The van der Waals surface area contributed by atoms with Gasteiger partial charge in [-0.1, -0.05) is 60.7 Å². The van der Waals surface area contributed by atoms with Crippen LogP contribution < -0.4 is 9.47 Å². The topological polar surface area (TPSA) is 24.9 Å².